The first kappa shape index (κ1) is 12.3. The summed E-state index contributed by atoms with van der Waals surface area (Å²) in [5.41, 5.74) is 5.96. The van der Waals surface area contributed by atoms with Crippen LogP contribution in [0.1, 0.15) is 38.6 Å². The number of aliphatic hydroxyl groups is 1. The number of nitrogens with two attached hydrogens (primary N) is 1. The number of hydrogen-bond donors (Lipinski definition) is 3. The van der Waals surface area contributed by atoms with Gasteiger partial charge in [0.2, 0.25) is 5.95 Å². The van der Waals surface area contributed by atoms with Crippen molar-refractivity contribution in [1.29, 1.82) is 0 Å². The van der Waals surface area contributed by atoms with Crippen LogP contribution in [0.5, 0.6) is 0 Å². The number of hydrogen-bond acceptors (Lipinski definition) is 5. The number of rotatable bonds is 3. The van der Waals surface area contributed by atoms with Gasteiger partial charge < -0.3 is 15.7 Å². The van der Waals surface area contributed by atoms with Gasteiger partial charge in [0, 0.05) is 13.1 Å². The Bertz CT molecular complexity index is 378. The van der Waals surface area contributed by atoms with Gasteiger partial charge in [-0.05, 0) is 31.7 Å². The first-order valence-electron chi connectivity index (χ1n) is 6.09. The van der Waals surface area contributed by atoms with Gasteiger partial charge in [0.05, 0.1) is 0 Å². The van der Waals surface area contributed by atoms with Gasteiger partial charge in [-0.2, -0.15) is 4.98 Å². The van der Waals surface area contributed by atoms with Gasteiger partial charge in [-0.15, -0.1) is 5.10 Å². The van der Waals surface area contributed by atoms with E-state index in [9.17, 15) is 5.11 Å². The van der Waals surface area contributed by atoms with Gasteiger partial charge in [-0.1, -0.05) is 6.92 Å². The number of anilines is 1. The van der Waals surface area contributed by atoms with Gasteiger partial charge in [0.25, 0.3) is 0 Å². The maximum Gasteiger partial charge on any atom is 0.244 e. The van der Waals surface area contributed by atoms with Crippen molar-refractivity contribution in [1.82, 2.24) is 15.2 Å². The Hall–Kier alpha value is -1.14. The van der Waals surface area contributed by atoms with Crippen molar-refractivity contribution in [2.24, 2.45) is 11.1 Å². The van der Waals surface area contributed by atoms with Crippen LogP contribution in [0.3, 0.4) is 0 Å². The Labute approximate surface area is 101 Å². The molecule has 2 heterocycles. The maximum absolute atomic E-state index is 9.41. The molecule has 1 aromatic heterocycles. The molecule has 0 amide bonds. The second-order valence-corrected chi connectivity index (χ2v) is 5.24. The minimum absolute atomic E-state index is 0.143. The van der Waals surface area contributed by atoms with Crippen molar-refractivity contribution in [2.45, 2.75) is 32.8 Å². The molecular weight excluding hydrogens is 218 g/mol. The van der Waals surface area contributed by atoms with Gasteiger partial charge in [-0.3, -0.25) is 5.10 Å². The lowest BCUT2D eigenvalue weighted by atomic mass is 9.82. The quantitative estimate of drug-likeness (QED) is 0.711. The first-order chi connectivity index (χ1) is 8.04. The predicted molar refractivity (Wildman–Crippen MR) is 65.6 cm³/mol. The maximum atomic E-state index is 9.41. The van der Waals surface area contributed by atoms with E-state index in [1.54, 1.807) is 6.92 Å². The van der Waals surface area contributed by atoms with E-state index in [-0.39, 0.29) is 5.41 Å². The van der Waals surface area contributed by atoms with E-state index in [1.165, 1.54) is 0 Å². The molecule has 2 rings (SSSR count). The molecule has 17 heavy (non-hydrogen) atoms. The second kappa shape index (κ2) is 4.62. The van der Waals surface area contributed by atoms with E-state index in [1.807, 2.05) is 0 Å². The number of piperidine rings is 1. The normalized spacial score (nSPS) is 27.2. The fourth-order valence-electron chi connectivity index (χ4n) is 2.25. The van der Waals surface area contributed by atoms with Crippen molar-refractivity contribution < 1.29 is 5.11 Å². The zero-order valence-corrected chi connectivity index (χ0v) is 10.5. The molecule has 0 spiro atoms. The van der Waals surface area contributed by atoms with Gasteiger partial charge in [0.15, 0.2) is 5.82 Å². The molecule has 96 valence electrons. The van der Waals surface area contributed by atoms with E-state index < -0.39 is 6.10 Å². The van der Waals surface area contributed by atoms with E-state index in [0.29, 0.717) is 18.3 Å². The highest BCUT2D eigenvalue weighted by Crippen LogP contribution is 2.30. The Kier molecular flexibility index (Phi) is 3.35. The number of aromatic amines is 1. The Morgan fingerprint density at radius 3 is 3.00 bits per heavy atom. The van der Waals surface area contributed by atoms with E-state index in [2.05, 4.69) is 27.0 Å². The molecule has 1 aliphatic heterocycles. The molecule has 6 nitrogen and oxygen atoms in total. The summed E-state index contributed by atoms with van der Waals surface area (Å²) in [4.78, 5) is 6.44. The van der Waals surface area contributed by atoms with Crippen LogP contribution < -0.4 is 10.6 Å². The van der Waals surface area contributed by atoms with Crippen molar-refractivity contribution >= 4 is 5.95 Å². The average Bonchev–Trinajstić information content (AvgIpc) is 2.78. The standard InChI is InChI=1S/C11H21N5O/c1-8(17)9-13-10(15-14-9)16-5-3-4-11(2,6-12)7-16/h8,17H,3-7,12H2,1-2H3,(H,13,14,15)/t8-,11?/m0/s1. The van der Waals surface area contributed by atoms with Crippen LogP contribution in [-0.2, 0) is 0 Å². The second-order valence-electron chi connectivity index (χ2n) is 5.24. The van der Waals surface area contributed by atoms with Crippen molar-refractivity contribution in [3.8, 4) is 0 Å². The molecular formula is C11H21N5O. The minimum Gasteiger partial charge on any atom is -0.385 e. The van der Waals surface area contributed by atoms with Crippen LogP contribution >= 0.6 is 0 Å². The third-order valence-electron chi connectivity index (χ3n) is 3.44. The first-order valence-corrected chi connectivity index (χ1v) is 6.09. The zero-order chi connectivity index (χ0) is 12.5. The third-order valence-corrected chi connectivity index (χ3v) is 3.44. The van der Waals surface area contributed by atoms with Gasteiger partial charge in [0.1, 0.15) is 6.10 Å². The minimum atomic E-state index is -0.609. The number of nitrogens with zero attached hydrogens (tertiary/aromatic N) is 3. The summed E-state index contributed by atoms with van der Waals surface area (Å²) in [6, 6.07) is 0. The van der Waals surface area contributed by atoms with Crippen LogP contribution in [0.15, 0.2) is 0 Å². The molecule has 1 saturated heterocycles. The van der Waals surface area contributed by atoms with Crippen LogP contribution in [0.4, 0.5) is 5.95 Å². The molecule has 1 unspecified atom stereocenters. The summed E-state index contributed by atoms with van der Waals surface area (Å²) in [6.45, 7) is 6.37. The molecule has 0 saturated carbocycles. The smallest absolute Gasteiger partial charge is 0.244 e. The molecule has 1 fully saturated rings. The predicted octanol–water partition coefficient (Wildman–Crippen LogP) is 0.423. The van der Waals surface area contributed by atoms with Crippen molar-refractivity contribution in [3.63, 3.8) is 0 Å². The van der Waals surface area contributed by atoms with Crippen molar-refractivity contribution in [2.75, 3.05) is 24.5 Å². The lowest BCUT2D eigenvalue weighted by Gasteiger charge is -2.39. The number of aliphatic hydroxyl groups excluding tert-OH is 1. The fourth-order valence-corrected chi connectivity index (χ4v) is 2.25. The van der Waals surface area contributed by atoms with Gasteiger partial charge in [-0.25, -0.2) is 0 Å². The summed E-state index contributed by atoms with van der Waals surface area (Å²) in [5.74, 6) is 1.18. The highest BCUT2D eigenvalue weighted by Gasteiger charge is 2.31. The molecule has 0 bridgehead atoms. The highest BCUT2D eigenvalue weighted by molar-refractivity contribution is 5.30. The van der Waals surface area contributed by atoms with Crippen LogP contribution in [0.2, 0.25) is 0 Å². The average molecular weight is 239 g/mol. The van der Waals surface area contributed by atoms with Gasteiger partial charge >= 0.3 is 0 Å². The SMILES string of the molecule is C[C@H](O)c1nc(N2CCCC(C)(CN)C2)n[nH]1. The molecule has 0 radical (unpaired) electrons. The lowest BCUT2D eigenvalue weighted by Crippen LogP contribution is -2.46. The summed E-state index contributed by atoms with van der Waals surface area (Å²) in [6.07, 6.45) is 1.64. The van der Waals surface area contributed by atoms with E-state index in [0.717, 1.165) is 25.9 Å². The Morgan fingerprint density at radius 2 is 2.41 bits per heavy atom. The summed E-state index contributed by atoms with van der Waals surface area (Å²) >= 11 is 0. The Balaban J connectivity index is 2.11. The largest absolute Gasteiger partial charge is 0.385 e. The topological polar surface area (TPSA) is 91.1 Å². The lowest BCUT2D eigenvalue weighted by molar-refractivity contribution is 0.189. The van der Waals surface area contributed by atoms with Crippen LogP contribution in [0, 0.1) is 5.41 Å². The van der Waals surface area contributed by atoms with Crippen LogP contribution in [-0.4, -0.2) is 39.9 Å². The highest BCUT2D eigenvalue weighted by atomic mass is 16.3. The molecule has 1 aliphatic rings. The number of nitrogens with one attached hydrogen (secondary N) is 1. The molecule has 6 heteroatoms. The monoisotopic (exact) mass is 239 g/mol. The number of aromatic nitrogens is 3. The molecule has 0 aromatic carbocycles. The fraction of sp³-hybridized carbons (Fsp3) is 0.818. The van der Waals surface area contributed by atoms with E-state index in [4.69, 9.17) is 5.73 Å². The van der Waals surface area contributed by atoms with Crippen LogP contribution in [0.25, 0.3) is 0 Å². The molecule has 2 atom stereocenters. The molecule has 1 aromatic rings. The third kappa shape index (κ3) is 2.58. The zero-order valence-electron chi connectivity index (χ0n) is 10.5. The van der Waals surface area contributed by atoms with Crippen molar-refractivity contribution in [3.05, 3.63) is 5.82 Å². The van der Waals surface area contributed by atoms with E-state index >= 15 is 0 Å². The summed E-state index contributed by atoms with van der Waals surface area (Å²) < 4.78 is 0. The summed E-state index contributed by atoms with van der Waals surface area (Å²) in [7, 11) is 0. The summed E-state index contributed by atoms with van der Waals surface area (Å²) in [5, 5.41) is 16.3. The Morgan fingerprint density at radius 1 is 1.65 bits per heavy atom. The number of H-pyrrole nitrogens is 1. The molecule has 4 N–H and O–H groups in total. The molecule has 0 aliphatic carbocycles.